The van der Waals surface area contributed by atoms with Crippen molar-refractivity contribution in [1.29, 1.82) is 0 Å². The molecule has 0 fully saturated rings. The van der Waals surface area contributed by atoms with Gasteiger partial charge in [0, 0.05) is 11.9 Å². The molecule has 2 amide bonds. The summed E-state index contributed by atoms with van der Waals surface area (Å²) in [5, 5.41) is 2.83. The smallest absolute Gasteiger partial charge is 0.338 e. The van der Waals surface area contributed by atoms with Gasteiger partial charge in [0.15, 0.2) is 0 Å². The molecule has 25 heavy (non-hydrogen) atoms. The quantitative estimate of drug-likeness (QED) is 0.452. The van der Waals surface area contributed by atoms with Crippen LogP contribution < -0.4 is 0 Å². The summed E-state index contributed by atoms with van der Waals surface area (Å²) < 4.78 is 5.25. The van der Waals surface area contributed by atoms with E-state index >= 15 is 0 Å². The van der Waals surface area contributed by atoms with E-state index in [-0.39, 0.29) is 35.7 Å². The maximum atomic E-state index is 12.3. The number of benzene rings is 1. The van der Waals surface area contributed by atoms with Gasteiger partial charge in [-0.3, -0.25) is 14.5 Å². The summed E-state index contributed by atoms with van der Waals surface area (Å²) in [6.07, 6.45) is 2.32. The molecule has 0 unspecified atom stereocenters. The van der Waals surface area contributed by atoms with Crippen molar-refractivity contribution in [3.63, 3.8) is 0 Å². The fourth-order valence-corrected chi connectivity index (χ4v) is 3.24. The molecule has 2 heterocycles. The molecule has 1 aliphatic rings. The van der Waals surface area contributed by atoms with Gasteiger partial charge >= 0.3 is 5.97 Å². The number of carbonyl (C=O) groups is 3. The molecule has 1 aromatic carbocycles. The third-order valence-corrected chi connectivity index (χ3v) is 4.81. The van der Waals surface area contributed by atoms with Crippen molar-refractivity contribution in [3.05, 3.63) is 63.6 Å². The summed E-state index contributed by atoms with van der Waals surface area (Å²) in [7, 11) is 0. The third-order valence-electron chi connectivity index (χ3n) is 3.77. The Morgan fingerprint density at radius 1 is 1.32 bits per heavy atom. The molecule has 0 spiro atoms. The average Bonchev–Trinajstić information content (AvgIpc) is 3.18. The maximum Gasteiger partial charge on any atom is 0.338 e. The molecule has 2 aromatic rings. The highest BCUT2D eigenvalue weighted by Crippen LogP contribution is 2.24. The zero-order valence-corrected chi connectivity index (χ0v) is 14.5. The van der Waals surface area contributed by atoms with E-state index in [0.29, 0.717) is 5.69 Å². The molecule has 7 heteroatoms. The van der Waals surface area contributed by atoms with Crippen molar-refractivity contribution in [3.8, 4) is 0 Å². The van der Waals surface area contributed by atoms with Crippen molar-refractivity contribution in [1.82, 2.24) is 9.88 Å². The molecule has 0 radical (unpaired) electrons. The van der Waals surface area contributed by atoms with Crippen LogP contribution in [0.2, 0.25) is 0 Å². The Morgan fingerprint density at radius 2 is 2.08 bits per heavy atom. The Morgan fingerprint density at radius 3 is 2.76 bits per heavy atom. The normalized spacial score (nSPS) is 13.1. The molecule has 0 N–H and O–H groups in total. The van der Waals surface area contributed by atoms with Crippen LogP contribution in [-0.2, 0) is 17.8 Å². The molecule has 1 aliphatic heterocycles. The zero-order valence-electron chi connectivity index (χ0n) is 13.7. The Hall–Kier alpha value is -2.80. The van der Waals surface area contributed by atoms with Crippen molar-refractivity contribution in [2.75, 3.05) is 6.54 Å². The fraction of sp³-hybridized carbons (Fsp3) is 0.222. The number of carbonyl (C=O) groups excluding carboxylic acids is 3. The summed E-state index contributed by atoms with van der Waals surface area (Å²) in [6.45, 7) is 5.75. The van der Waals surface area contributed by atoms with Crippen molar-refractivity contribution < 1.29 is 19.1 Å². The molecule has 0 bridgehead atoms. The second-order valence-electron chi connectivity index (χ2n) is 5.43. The minimum absolute atomic E-state index is 0.0713. The fourth-order valence-electron chi connectivity index (χ4n) is 2.51. The number of aromatic nitrogens is 1. The first-order valence-corrected chi connectivity index (χ1v) is 8.64. The number of aryl methyl sites for hydroxylation is 1. The number of hydrogen-bond acceptors (Lipinski definition) is 6. The zero-order chi connectivity index (χ0) is 18.0. The van der Waals surface area contributed by atoms with Crippen molar-refractivity contribution in [2.24, 2.45) is 0 Å². The van der Waals surface area contributed by atoms with Gasteiger partial charge in [-0.05, 0) is 24.6 Å². The second kappa shape index (κ2) is 6.98. The standard InChI is InChI=1S/C18H16N2O4S/c1-3-7-20-16(21)13-6-5-11(8-14(13)17(20)22)18(23)24-9-12-10-25-15(4-2)19-12/h3,5-6,8,10H,1,4,7,9H2,2H3. The van der Waals surface area contributed by atoms with Gasteiger partial charge in [0.05, 0.1) is 27.4 Å². The number of thiazole rings is 1. The van der Waals surface area contributed by atoms with Gasteiger partial charge in [-0.15, -0.1) is 17.9 Å². The Bertz CT molecular complexity index is 872. The lowest BCUT2D eigenvalue weighted by Crippen LogP contribution is -2.29. The summed E-state index contributed by atoms with van der Waals surface area (Å²) in [5.74, 6) is -1.37. The van der Waals surface area contributed by atoms with E-state index in [1.54, 1.807) is 0 Å². The first kappa shape index (κ1) is 17.0. The van der Waals surface area contributed by atoms with Gasteiger partial charge in [-0.25, -0.2) is 9.78 Å². The van der Waals surface area contributed by atoms with E-state index in [1.165, 1.54) is 35.6 Å². The van der Waals surface area contributed by atoms with Gasteiger partial charge < -0.3 is 4.74 Å². The number of hydrogen-bond donors (Lipinski definition) is 0. The summed E-state index contributed by atoms with van der Waals surface area (Å²) in [4.78, 5) is 42.1. The van der Waals surface area contributed by atoms with Crippen LogP contribution in [0.25, 0.3) is 0 Å². The van der Waals surface area contributed by atoms with Crippen molar-refractivity contribution >= 4 is 29.1 Å². The molecule has 0 aliphatic carbocycles. The molecule has 128 valence electrons. The first-order chi connectivity index (χ1) is 12.0. The van der Waals surface area contributed by atoms with Gasteiger partial charge in [0.1, 0.15) is 6.61 Å². The highest BCUT2D eigenvalue weighted by atomic mass is 32.1. The van der Waals surface area contributed by atoms with Crippen LogP contribution in [-0.4, -0.2) is 34.2 Å². The van der Waals surface area contributed by atoms with Gasteiger partial charge in [-0.1, -0.05) is 13.0 Å². The average molecular weight is 356 g/mol. The van der Waals surface area contributed by atoms with E-state index in [0.717, 1.165) is 16.3 Å². The molecular formula is C18H16N2O4S. The first-order valence-electron chi connectivity index (χ1n) is 7.76. The van der Waals surface area contributed by atoms with E-state index < -0.39 is 11.9 Å². The lowest BCUT2D eigenvalue weighted by molar-refractivity contribution is 0.0468. The third kappa shape index (κ3) is 3.23. The molecule has 1 aromatic heterocycles. The van der Waals surface area contributed by atoms with E-state index in [9.17, 15) is 14.4 Å². The number of nitrogens with zero attached hydrogens (tertiary/aromatic N) is 2. The highest BCUT2D eigenvalue weighted by Gasteiger charge is 2.35. The lowest BCUT2D eigenvalue weighted by Gasteiger charge is -2.09. The predicted molar refractivity (Wildman–Crippen MR) is 92.6 cm³/mol. The Kier molecular flexibility index (Phi) is 4.76. The number of ether oxygens (including phenoxy) is 1. The molecule has 0 atom stereocenters. The van der Waals surface area contributed by atoms with Crippen LogP contribution in [0.4, 0.5) is 0 Å². The molecule has 6 nitrogen and oxygen atoms in total. The molecular weight excluding hydrogens is 340 g/mol. The highest BCUT2D eigenvalue weighted by molar-refractivity contribution is 7.09. The van der Waals surface area contributed by atoms with E-state index in [1.807, 2.05) is 12.3 Å². The Labute approximate surface area is 148 Å². The molecule has 3 rings (SSSR count). The van der Waals surface area contributed by atoms with Crippen LogP contribution in [0.15, 0.2) is 36.2 Å². The number of amides is 2. The second-order valence-corrected chi connectivity index (χ2v) is 6.37. The van der Waals surface area contributed by atoms with Crippen LogP contribution in [0, 0.1) is 0 Å². The van der Waals surface area contributed by atoms with Gasteiger partial charge in [0.2, 0.25) is 0 Å². The number of esters is 1. The topological polar surface area (TPSA) is 76.6 Å². The van der Waals surface area contributed by atoms with Crippen LogP contribution >= 0.6 is 11.3 Å². The minimum atomic E-state index is -0.559. The largest absolute Gasteiger partial charge is 0.456 e. The SMILES string of the molecule is C=CCN1C(=O)c2ccc(C(=O)OCc3csc(CC)n3)cc2C1=O. The number of fused-ring (bicyclic) bond motifs is 1. The number of imide groups is 1. The van der Waals surface area contributed by atoms with E-state index in [2.05, 4.69) is 11.6 Å². The predicted octanol–water partition coefficient (Wildman–Crippen LogP) is 2.84. The van der Waals surface area contributed by atoms with Crippen LogP contribution in [0.1, 0.15) is 48.7 Å². The lowest BCUT2D eigenvalue weighted by atomic mass is 10.1. The Balaban J connectivity index is 1.74. The van der Waals surface area contributed by atoms with Crippen molar-refractivity contribution in [2.45, 2.75) is 20.0 Å². The van der Waals surface area contributed by atoms with Gasteiger partial charge in [0.25, 0.3) is 11.8 Å². The maximum absolute atomic E-state index is 12.3. The number of rotatable bonds is 6. The van der Waals surface area contributed by atoms with Crippen LogP contribution in [0.5, 0.6) is 0 Å². The monoisotopic (exact) mass is 356 g/mol. The molecule has 0 saturated heterocycles. The summed E-state index contributed by atoms with van der Waals surface area (Å²) >= 11 is 1.52. The van der Waals surface area contributed by atoms with Gasteiger partial charge in [-0.2, -0.15) is 0 Å². The van der Waals surface area contributed by atoms with E-state index in [4.69, 9.17) is 4.74 Å². The van der Waals surface area contributed by atoms with Crippen LogP contribution in [0.3, 0.4) is 0 Å². The summed E-state index contributed by atoms with van der Waals surface area (Å²) in [6, 6.07) is 4.37. The minimum Gasteiger partial charge on any atom is -0.456 e. The molecule has 0 saturated carbocycles. The summed E-state index contributed by atoms with van der Waals surface area (Å²) in [5.41, 5.74) is 1.42.